The van der Waals surface area contributed by atoms with Crippen molar-refractivity contribution in [3.05, 3.63) is 41.6 Å². The summed E-state index contributed by atoms with van der Waals surface area (Å²) >= 11 is 0. The van der Waals surface area contributed by atoms with Gasteiger partial charge in [0.25, 0.3) is 0 Å². The molecule has 0 unspecified atom stereocenters. The number of anilines is 3. The van der Waals surface area contributed by atoms with Crippen molar-refractivity contribution >= 4 is 29.1 Å². The first kappa shape index (κ1) is 21.6. The van der Waals surface area contributed by atoms with Gasteiger partial charge in [-0.3, -0.25) is 4.79 Å². The Morgan fingerprint density at radius 1 is 1.15 bits per heavy atom. The summed E-state index contributed by atoms with van der Waals surface area (Å²) in [6, 6.07) is 8.43. The van der Waals surface area contributed by atoms with Gasteiger partial charge in [0, 0.05) is 50.0 Å². The van der Waals surface area contributed by atoms with Crippen LogP contribution in [0.2, 0.25) is 0 Å². The summed E-state index contributed by atoms with van der Waals surface area (Å²) in [5.74, 6) is 1.78. The first-order valence-corrected chi connectivity index (χ1v) is 11.8. The topological polar surface area (TPSA) is 96.7 Å². The van der Waals surface area contributed by atoms with E-state index in [1.165, 1.54) is 0 Å². The van der Waals surface area contributed by atoms with E-state index in [1.807, 2.05) is 23.2 Å². The van der Waals surface area contributed by atoms with E-state index in [0.717, 1.165) is 61.5 Å². The summed E-state index contributed by atoms with van der Waals surface area (Å²) in [6.45, 7) is 7.19. The third kappa shape index (κ3) is 4.64. The Morgan fingerprint density at radius 3 is 2.64 bits per heavy atom. The molecule has 174 valence electrons. The monoisotopic (exact) mass is 449 g/mol. The molecule has 2 saturated heterocycles. The molecular weight excluding hydrogens is 418 g/mol. The van der Waals surface area contributed by atoms with Gasteiger partial charge in [0.2, 0.25) is 17.8 Å². The van der Waals surface area contributed by atoms with Crippen LogP contribution in [0.1, 0.15) is 56.6 Å². The number of benzene rings is 1. The second kappa shape index (κ2) is 9.35. The van der Waals surface area contributed by atoms with Gasteiger partial charge in [0.15, 0.2) is 5.65 Å². The van der Waals surface area contributed by atoms with Gasteiger partial charge in [0.05, 0.1) is 6.20 Å². The molecule has 9 heteroatoms. The number of carbonyl (C=O) groups excluding carboxylic acids is 1. The number of hydrogen-bond donors (Lipinski definition) is 2. The Kier molecular flexibility index (Phi) is 6.13. The van der Waals surface area contributed by atoms with E-state index in [9.17, 15) is 4.79 Å². The summed E-state index contributed by atoms with van der Waals surface area (Å²) in [4.78, 5) is 23.4. The lowest BCUT2D eigenvalue weighted by Gasteiger charge is -2.23. The number of ether oxygens (including phenoxy) is 1. The fraction of sp³-hybridized carbons (Fsp3) is 0.500. The Hall–Kier alpha value is -3.20. The number of carbonyl (C=O) groups is 1. The Morgan fingerprint density at radius 2 is 1.94 bits per heavy atom. The zero-order valence-electron chi connectivity index (χ0n) is 19.3. The van der Waals surface area contributed by atoms with Gasteiger partial charge in [-0.15, -0.1) is 0 Å². The van der Waals surface area contributed by atoms with Gasteiger partial charge in [-0.25, -0.2) is 0 Å². The Labute approximate surface area is 193 Å². The van der Waals surface area contributed by atoms with Crippen LogP contribution in [0.5, 0.6) is 0 Å². The first-order valence-electron chi connectivity index (χ1n) is 11.8. The second-order valence-corrected chi connectivity index (χ2v) is 9.06. The van der Waals surface area contributed by atoms with Crippen molar-refractivity contribution in [2.75, 3.05) is 35.3 Å². The molecule has 0 atom stereocenters. The quantitative estimate of drug-likeness (QED) is 0.569. The number of hydrogen-bond acceptors (Lipinski definition) is 7. The van der Waals surface area contributed by atoms with E-state index in [0.29, 0.717) is 36.8 Å². The number of nitrogens with one attached hydrogen (secondary N) is 2. The normalized spacial score (nSPS) is 17.3. The van der Waals surface area contributed by atoms with Gasteiger partial charge in [-0.1, -0.05) is 26.0 Å². The molecule has 2 N–H and O–H groups in total. The van der Waals surface area contributed by atoms with E-state index in [-0.39, 0.29) is 5.91 Å². The van der Waals surface area contributed by atoms with Crippen molar-refractivity contribution in [1.29, 1.82) is 0 Å². The average molecular weight is 450 g/mol. The highest BCUT2D eigenvalue weighted by Crippen LogP contribution is 2.24. The molecule has 0 radical (unpaired) electrons. The molecule has 0 spiro atoms. The summed E-state index contributed by atoms with van der Waals surface area (Å²) in [7, 11) is 0. The third-order valence-corrected chi connectivity index (χ3v) is 6.34. The third-order valence-electron chi connectivity index (χ3n) is 6.34. The Balaban J connectivity index is 1.36. The lowest BCUT2D eigenvalue weighted by Crippen LogP contribution is -2.29. The minimum atomic E-state index is 0.202. The molecule has 0 aliphatic carbocycles. The van der Waals surface area contributed by atoms with Gasteiger partial charge in [-0.05, 0) is 42.9 Å². The second-order valence-electron chi connectivity index (χ2n) is 9.06. The maximum absolute atomic E-state index is 12.0. The zero-order chi connectivity index (χ0) is 22.8. The summed E-state index contributed by atoms with van der Waals surface area (Å²) in [5, 5.41) is 11.5. The van der Waals surface area contributed by atoms with Crippen LogP contribution in [-0.4, -0.2) is 51.3 Å². The van der Waals surface area contributed by atoms with Crippen LogP contribution in [0.25, 0.3) is 5.65 Å². The van der Waals surface area contributed by atoms with Crippen LogP contribution < -0.4 is 15.5 Å². The maximum Gasteiger partial charge on any atom is 0.229 e. The van der Waals surface area contributed by atoms with Crippen LogP contribution >= 0.6 is 0 Å². The van der Waals surface area contributed by atoms with Gasteiger partial charge >= 0.3 is 0 Å². The predicted octanol–water partition coefficient (Wildman–Crippen LogP) is 3.58. The fourth-order valence-electron chi connectivity index (χ4n) is 4.40. The molecule has 1 aromatic carbocycles. The smallest absolute Gasteiger partial charge is 0.229 e. The molecule has 2 aliphatic heterocycles. The fourth-order valence-corrected chi connectivity index (χ4v) is 4.40. The molecule has 9 nitrogen and oxygen atoms in total. The average Bonchev–Trinajstić information content (AvgIpc) is 3.45. The zero-order valence-corrected chi connectivity index (χ0v) is 19.3. The molecule has 2 fully saturated rings. The standard InChI is InChI=1S/C24H31N7O2/c1-16(2)20-15-26-31-22(20)28-23(27-18-9-12-33-13-10-18)29-24(31)25-14-17-5-7-19(8-6-17)30-11-3-4-21(30)32/h5-8,15-16,18H,3-4,9-14H2,1-2H3,(H2,25,27,28,29). The first-order chi connectivity index (χ1) is 16.1. The summed E-state index contributed by atoms with van der Waals surface area (Å²) < 4.78 is 7.25. The van der Waals surface area contributed by atoms with Crippen molar-refractivity contribution < 1.29 is 9.53 Å². The van der Waals surface area contributed by atoms with E-state index in [4.69, 9.17) is 14.7 Å². The number of fused-ring (bicyclic) bond motifs is 1. The molecule has 2 aromatic heterocycles. The van der Waals surface area contributed by atoms with E-state index in [1.54, 1.807) is 4.52 Å². The number of aromatic nitrogens is 4. The van der Waals surface area contributed by atoms with Crippen LogP contribution in [0.4, 0.5) is 17.6 Å². The number of amides is 1. The molecule has 0 bridgehead atoms. The minimum absolute atomic E-state index is 0.202. The summed E-state index contributed by atoms with van der Waals surface area (Å²) in [5.41, 5.74) is 3.98. The minimum Gasteiger partial charge on any atom is -0.381 e. The number of rotatable bonds is 7. The predicted molar refractivity (Wildman–Crippen MR) is 128 cm³/mol. The molecule has 33 heavy (non-hydrogen) atoms. The van der Waals surface area contributed by atoms with Crippen LogP contribution in [-0.2, 0) is 16.1 Å². The van der Waals surface area contributed by atoms with Crippen LogP contribution in [0.3, 0.4) is 0 Å². The van der Waals surface area contributed by atoms with Gasteiger partial charge in [-0.2, -0.15) is 19.6 Å². The maximum atomic E-state index is 12.0. The molecule has 3 aromatic rings. The van der Waals surface area contributed by atoms with Crippen molar-refractivity contribution in [2.45, 2.75) is 58.0 Å². The molecule has 0 saturated carbocycles. The number of nitrogens with zero attached hydrogens (tertiary/aromatic N) is 5. The molecule has 2 aliphatic rings. The van der Waals surface area contributed by atoms with Crippen molar-refractivity contribution in [3.63, 3.8) is 0 Å². The van der Waals surface area contributed by atoms with Crippen molar-refractivity contribution in [1.82, 2.24) is 19.6 Å². The van der Waals surface area contributed by atoms with E-state index >= 15 is 0 Å². The summed E-state index contributed by atoms with van der Waals surface area (Å²) in [6.07, 6.45) is 5.33. The highest BCUT2D eigenvalue weighted by molar-refractivity contribution is 5.95. The van der Waals surface area contributed by atoms with Crippen molar-refractivity contribution in [2.24, 2.45) is 0 Å². The van der Waals surface area contributed by atoms with Crippen molar-refractivity contribution in [3.8, 4) is 0 Å². The molecule has 4 heterocycles. The SMILES string of the molecule is CC(C)c1cnn2c(NCc3ccc(N4CCCC4=O)cc3)nc(NC3CCOCC3)nc12. The Bertz CT molecular complexity index is 1120. The lowest BCUT2D eigenvalue weighted by atomic mass is 10.1. The van der Waals surface area contributed by atoms with Gasteiger partial charge in [0.1, 0.15) is 0 Å². The largest absolute Gasteiger partial charge is 0.381 e. The van der Waals surface area contributed by atoms with Crippen LogP contribution in [0.15, 0.2) is 30.5 Å². The molecule has 1 amide bonds. The molecule has 5 rings (SSSR count). The van der Waals surface area contributed by atoms with E-state index in [2.05, 4.69) is 41.7 Å². The highest BCUT2D eigenvalue weighted by Gasteiger charge is 2.22. The van der Waals surface area contributed by atoms with Gasteiger partial charge < -0.3 is 20.3 Å². The highest BCUT2D eigenvalue weighted by atomic mass is 16.5. The van der Waals surface area contributed by atoms with E-state index < -0.39 is 0 Å². The van der Waals surface area contributed by atoms with Crippen LogP contribution in [0, 0.1) is 0 Å². The lowest BCUT2D eigenvalue weighted by molar-refractivity contribution is -0.117. The molecular formula is C24H31N7O2.